The van der Waals surface area contributed by atoms with Gasteiger partial charge in [0, 0.05) is 12.8 Å². The van der Waals surface area contributed by atoms with Gasteiger partial charge >= 0.3 is 11.9 Å². The van der Waals surface area contributed by atoms with E-state index < -0.39 is 11.9 Å². The number of unbranched alkanes of at least 4 members (excludes halogenated alkanes) is 21. The van der Waals surface area contributed by atoms with Crippen molar-refractivity contribution in [3.05, 3.63) is 12.2 Å². The molecule has 0 aromatic carbocycles. The zero-order valence-electron chi connectivity index (χ0n) is 27.4. The Morgan fingerprint density at radius 2 is 0.756 bits per heavy atom. The first kappa shape index (κ1) is 41.8. The van der Waals surface area contributed by atoms with E-state index in [0.29, 0.717) is 12.8 Å². The zero-order chi connectivity index (χ0) is 30.7. The number of carboxylic acids is 2. The van der Waals surface area contributed by atoms with Gasteiger partial charge in [-0.2, -0.15) is 0 Å². The highest BCUT2D eigenvalue weighted by atomic mass is 16.4. The number of carbonyl (C=O) groups is 2. The lowest BCUT2D eigenvalue weighted by molar-refractivity contribution is -0.138. The van der Waals surface area contributed by atoms with Gasteiger partial charge in [0.15, 0.2) is 0 Å². The summed E-state index contributed by atoms with van der Waals surface area (Å²) in [6.45, 7) is 4.49. The summed E-state index contributed by atoms with van der Waals surface area (Å²) in [6, 6.07) is 0. The minimum atomic E-state index is -0.687. The molecule has 0 unspecified atom stereocenters. The molecule has 0 aromatic heterocycles. The van der Waals surface area contributed by atoms with E-state index in [-0.39, 0.29) is 6.10 Å². The lowest BCUT2D eigenvalue weighted by Crippen LogP contribution is -2.05. The summed E-state index contributed by atoms with van der Waals surface area (Å²) in [5.74, 6) is -1.35. The number of allylic oxidation sites excluding steroid dienone is 2. The van der Waals surface area contributed by atoms with Crippen LogP contribution < -0.4 is 0 Å². The van der Waals surface area contributed by atoms with Gasteiger partial charge in [-0.05, 0) is 51.4 Å². The van der Waals surface area contributed by atoms with Crippen LogP contribution in [0.4, 0.5) is 0 Å². The molecule has 1 atom stereocenters. The third-order valence-electron chi connectivity index (χ3n) is 7.72. The molecule has 0 aliphatic heterocycles. The zero-order valence-corrected chi connectivity index (χ0v) is 27.4. The minimum Gasteiger partial charge on any atom is -0.481 e. The van der Waals surface area contributed by atoms with E-state index in [1.807, 2.05) is 0 Å². The van der Waals surface area contributed by atoms with Gasteiger partial charge in [0.25, 0.3) is 0 Å². The number of carboxylic acid groups (broad SMARTS) is 2. The summed E-state index contributed by atoms with van der Waals surface area (Å²) >= 11 is 0. The number of hydrogen-bond acceptors (Lipinski definition) is 3. The summed E-state index contributed by atoms with van der Waals surface area (Å²) in [5, 5.41) is 26.9. The minimum absolute atomic E-state index is 0.108. The number of hydrogen-bond donors (Lipinski definition) is 3. The Balaban J connectivity index is 0. The smallest absolute Gasteiger partial charge is 0.303 e. The van der Waals surface area contributed by atoms with E-state index in [0.717, 1.165) is 51.4 Å². The lowest BCUT2D eigenvalue weighted by atomic mass is 10.0. The molecular formula is C36H70O5. The molecule has 0 radical (unpaired) electrons. The van der Waals surface area contributed by atoms with Crippen molar-refractivity contribution in [3.8, 4) is 0 Å². The fourth-order valence-electron chi connectivity index (χ4n) is 5.01. The number of aliphatic hydroxyl groups excluding tert-OH is 1. The van der Waals surface area contributed by atoms with Crippen LogP contribution in [-0.2, 0) is 9.59 Å². The van der Waals surface area contributed by atoms with Crippen molar-refractivity contribution < 1.29 is 24.9 Å². The van der Waals surface area contributed by atoms with E-state index in [1.165, 1.54) is 122 Å². The molecule has 0 rings (SSSR count). The Hall–Kier alpha value is -1.36. The predicted octanol–water partition coefficient (Wildman–Crippen LogP) is 11.4. The van der Waals surface area contributed by atoms with Crippen LogP contribution in [0.3, 0.4) is 0 Å². The third-order valence-corrected chi connectivity index (χ3v) is 7.72. The van der Waals surface area contributed by atoms with Gasteiger partial charge in [-0.1, -0.05) is 148 Å². The molecule has 5 nitrogen and oxygen atoms in total. The number of aliphatic hydroxyl groups is 1. The molecule has 5 heteroatoms. The molecule has 0 bridgehead atoms. The Bertz CT molecular complexity index is 560. The molecule has 0 aromatic rings. The van der Waals surface area contributed by atoms with Crippen LogP contribution in [0, 0.1) is 0 Å². The van der Waals surface area contributed by atoms with Gasteiger partial charge in [0.05, 0.1) is 6.10 Å². The van der Waals surface area contributed by atoms with E-state index >= 15 is 0 Å². The molecule has 0 aliphatic rings. The Morgan fingerprint density at radius 3 is 1.10 bits per heavy atom. The Morgan fingerprint density at radius 1 is 0.463 bits per heavy atom. The largest absolute Gasteiger partial charge is 0.481 e. The summed E-state index contributed by atoms with van der Waals surface area (Å²) in [6.07, 6.45) is 37.4. The highest BCUT2D eigenvalue weighted by Crippen LogP contribution is 2.14. The summed E-state index contributed by atoms with van der Waals surface area (Å²) in [4.78, 5) is 20.7. The van der Waals surface area contributed by atoms with Crippen LogP contribution in [0.2, 0.25) is 0 Å². The van der Waals surface area contributed by atoms with Gasteiger partial charge in [-0.3, -0.25) is 9.59 Å². The highest BCUT2D eigenvalue weighted by Gasteiger charge is 2.04. The molecule has 244 valence electrons. The second-order valence-electron chi connectivity index (χ2n) is 12.0. The van der Waals surface area contributed by atoms with Gasteiger partial charge < -0.3 is 15.3 Å². The van der Waals surface area contributed by atoms with E-state index in [2.05, 4.69) is 26.0 Å². The summed E-state index contributed by atoms with van der Waals surface area (Å²) in [5.41, 5.74) is 0. The molecule has 0 amide bonds. The van der Waals surface area contributed by atoms with Crippen LogP contribution in [-0.4, -0.2) is 33.4 Å². The molecule has 0 saturated carbocycles. The van der Waals surface area contributed by atoms with Crippen LogP contribution in [0.15, 0.2) is 12.2 Å². The second-order valence-corrected chi connectivity index (χ2v) is 12.0. The maximum absolute atomic E-state index is 10.3. The quantitative estimate of drug-likeness (QED) is 0.0558. The lowest BCUT2D eigenvalue weighted by Gasteiger charge is -2.10. The van der Waals surface area contributed by atoms with Crippen LogP contribution in [0.25, 0.3) is 0 Å². The van der Waals surface area contributed by atoms with Crippen LogP contribution in [0.5, 0.6) is 0 Å². The Labute approximate surface area is 255 Å². The molecule has 0 heterocycles. The molecule has 0 saturated heterocycles. The monoisotopic (exact) mass is 583 g/mol. The topological polar surface area (TPSA) is 94.8 Å². The fraction of sp³-hybridized carbons (Fsp3) is 0.889. The van der Waals surface area contributed by atoms with Crippen molar-refractivity contribution in [2.45, 2.75) is 206 Å². The van der Waals surface area contributed by atoms with Gasteiger partial charge in [-0.15, -0.1) is 0 Å². The van der Waals surface area contributed by atoms with Gasteiger partial charge in [0.2, 0.25) is 0 Å². The van der Waals surface area contributed by atoms with Crippen LogP contribution >= 0.6 is 0 Å². The maximum atomic E-state index is 10.3. The molecule has 0 aliphatic carbocycles. The number of aliphatic carboxylic acids is 2. The average Bonchev–Trinajstić information content (AvgIpc) is 2.94. The van der Waals surface area contributed by atoms with E-state index in [1.54, 1.807) is 0 Å². The van der Waals surface area contributed by atoms with Gasteiger partial charge in [-0.25, -0.2) is 0 Å². The van der Waals surface area contributed by atoms with Crippen molar-refractivity contribution in [2.24, 2.45) is 0 Å². The molecule has 0 fully saturated rings. The highest BCUT2D eigenvalue weighted by molar-refractivity contribution is 5.66. The van der Waals surface area contributed by atoms with Crippen LogP contribution in [0.1, 0.15) is 200 Å². The van der Waals surface area contributed by atoms with Crippen molar-refractivity contribution in [1.29, 1.82) is 0 Å². The first-order valence-corrected chi connectivity index (χ1v) is 17.7. The molecule has 3 N–H and O–H groups in total. The van der Waals surface area contributed by atoms with Gasteiger partial charge in [0.1, 0.15) is 0 Å². The summed E-state index contributed by atoms with van der Waals surface area (Å²) in [7, 11) is 0. The molecule has 41 heavy (non-hydrogen) atoms. The standard InChI is InChI=1S/C18H36O3.C18H34O2/c1-2-3-4-5-8-11-14-17(19)15-12-9-6-7-10-13-16-18(20)21;1-2-3-4-5-6-7-8-9-10-11-12-13-14-15-16-17-18(19)20/h17,19H,2-16H2,1H3,(H,20,21);9-10H,2-8,11-17H2,1H3,(H,19,20)/b;10-9+/t17-;/m1./s1. The summed E-state index contributed by atoms with van der Waals surface area (Å²) < 4.78 is 0. The predicted molar refractivity (Wildman–Crippen MR) is 176 cm³/mol. The SMILES string of the molecule is CCCCCCCC/C=C/CCCCCCCC(=O)O.CCCCCCCC[C@@H](O)CCCCCCCCC(=O)O. The van der Waals surface area contributed by atoms with E-state index in [9.17, 15) is 14.7 Å². The first-order valence-electron chi connectivity index (χ1n) is 17.7. The van der Waals surface area contributed by atoms with Crippen molar-refractivity contribution in [1.82, 2.24) is 0 Å². The van der Waals surface area contributed by atoms with Crippen molar-refractivity contribution in [2.75, 3.05) is 0 Å². The van der Waals surface area contributed by atoms with Crippen molar-refractivity contribution in [3.63, 3.8) is 0 Å². The van der Waals surface area contributed by atoms with E-state index in [4.69, 9.17) is 10.2 Å². The second kappa shape index (κ2) is 36.7. The maximum Gasteiger partial charge on any atom is 0.303 e. The normalized spacial score (nSPS) is 11.9. The molecule has 0 spiro atoms. The first-order chi connectivity index (χ1) is 19.9. The number of rotatable bonds is 31. The molecular weight excluding hydrogens is 512 g/mol. The fourth-order valence-corrected chi connectivity index (χ4v) is 5.01. The average molecular weight is 583 g/mol. The Kier molecular flexibility index (Phi) is 37.4. The van der Waals surface area contributed by atoms with Crippen molar-refractivity contribution >= 4 is 11.9 Å². The third kappa shape index (κ3) is 43.2.